The normalized spacial score (nSPS) is 27.1. The number of piperazine rings is 1. The van der Waals surface area contributed by atoms with Crippen LogP contribution in [-0.4, -0.2) is 78.3 Å². The van der Waals surface area contributed by atoms with Crippen LogP contribution in [0.25, 0.3) is 0 Å². The molecule has 25 heavy (non-hydrogen) atoms. The number of aliphatic imine (C=N–C) groups is 1. The third-order valence-electron chi connectivity index (χ3n) is 5.18. The minimum Gasteiger partial charge on any atom is -0.314 e. The Bertz CT molecular complexity index is 541. The summed E-state index contributed by atoms with van der Waals surface area (Å²) in [6.07, 6.45) is 6.83. The Balaban J connectivity index is 1.57. The average molecular weight is 366 g/mol. The molecule has 3 rings (SSSR count). The van der Waals surface area contributed by atoms with E-state index in [0.717, 1.165) is 58.4 Å². The van der Waals surface area contributed by atoms with Gasteiger partial charge in [0.15, 0.2) is 11.0 Å². The van der Waals surface area contributed by atoms with Gasteiger partial charge in [-0.2, -0.15) is 0 Å². The minimum absolute atomic E-state index is 0.117. The Kier molecular flexibility index (Phi) is 6.50. The van der Waals surface area contributed by atoms with Gasteiger partial charge in [-0.1, -0.05) is 19.3 Å². The lowest BCUT2D eigenvalue weighted by Crippen LogP contribution is -2.61. The summed E-state index contributed by atoms with van der Waals surface area (Å²) >= 11 is 5.25. The highest BCUT2D eigenvalue weighted by molar-refractivity contribution is 7.80. The fourth-order valence-corrected chi connectivity index (χ4v) is 4.08. The van der Waals surface area contributed by atoms with Gasteiger partial charge >= 0.3 is 0 Å². The van der Waals surface area contributed by atoms with Crippen LogP contribution >= 0.6 is 12.2 Å². The molecule has 0 unspecified atom stereocenters. The molecular weight excluding hydrogens is 338 g/mol. The van der Waals surface area contributed by atoms with Gasteiger partial charge in [-0.15, -0.1) is 0 Å². The molecule has 138 valence electrons. The molecule has 0 spiro atoms. The van der Waals surface area contributed by atoms with E-state index in [4.69, 9.17) is 12.2 Å². The summed E-state index contributed by atoms with van der Waals surface area (Å²) in [7, 11) is 0. The van der Waals surface area contributed by atoms with Crippen molar-refractivity contribution in [3.8, 4) is 0 Å². The van der Waals surface area contributed by atoms with Crippen LogP contribution in [0.5, 0.6) is 0 Å². The van der Waals surface area contributed by atoms with Gasteiger partial charge in [0.2, 0.25) is 11.8 Å². The Morgan fingerprint density at radius 3 is 2.60 bits per heavy atom. The highest BCUT2D eigenvalue weighted by Crippen LogP contribution is 2.25. The summed E-state index contributed by atoms with van der Waals surface area (Å²) in [4.78, 5) is 33.3. The summed E-state index contributed by atoms with van der Waals surface area (Å²) < 4.78 is 0. The fourth-order valence-electron chi connectivity index (χ4n) is 3.74. The number of hydrogen-bond acceptors (Lipinski definition) is 6. The van der Waals surface area contributed by atoms with Crippen LogP contribution in [0.3, 0.4) is 0 Å². The van der Waals surface area contributed by atoms with Crippen LogP contribution in [0.2, 0.25) is 0 Å². The molecule has 1 aliphatic carbocycles. The van der Waals surface area contributed by atoms with Gasteiger partial charge in [0.05, 0.1) is 6.54 Å². The lowest BCUT2D eigenvalue weighted by Gasteiger charge is -2.38. The number of thiocarbonyl (C=S) groups is 1. The number of carbonyl (C=O) groups is 2. The Labute approximate surface area is 154 Å². The van der Waals surface area contributed by atoms with Gasteiger partial charge in [0.1, 0.15) is 0 Å². The Morgan fingerprint density at radius 1 is 1.16 bits per heavy atom. The molecular formula is C17H27N5O2S. The number of amides is 2. The second-order valence-electron chi connectivity index (χ2n) is 6.92. The van der Waals surface area contributed by atoms with E-state index < -0.39 is 5.92 Å². The van der Waals surface area contributed by atoms with Crippen molar-refractivity contribution in [2.24, 2.45) is 10.9 Å². The first kappa shape index (κ1) is 18.4. The second kappa shape index (κ2) is 8.82. The highest BCUT2D eigenvalue weighted by Gasteiger charge is 2.40. The third-order valence-corrected chi connectivity index (χ3v) is 5.48. The van der Waals surface area contributed by atoms with Gasteiger partial charge in [-0.3, -0.25) is 24.4 Å². The number of carbonyl (C=O) groups excluding carboxylic acids is 2. The van der Waals surface area contributed by atoms with E-state index in [-0.39, 0.29) is 23.0 Å². The van der Waals surface area contributed by atoms with E-state index in [1.807, 2.05) is 0 Å². The lowest BCUT2D eigenvalue weighted by molar-refractivity contribution is -0.139. The molecule has 0 aromatic heterocycles. The molecule has 2 N–H and O–H groups in total. The molecule has 0 aromatic rings. The predicted molar refractivity (Wildman–Crippen MR) is 101 cm³/mol. The summed E-state index contributed by atoms with van der Waals surface area (Å²) in [6.45, 7) is 5.49. The molecule has 1 atom stereocenters. The van der Waals surface area contributed by atoms with Crippen molar-refractivity contribution in [1.82, 2.24) is 20.4 Å². The minimum atomic E-state index is -0.850. The van der Waals surface area contributed by atoms with Crippen LogP contribution in [0.1, 0.15) is 32.1 Å². The van der Waals surface area contributed by atoms with Gasteiger partial charge in [-0.05, 0) is 25.1 Å². The second-order valence-corrected chi connectivity index (χ2v) is 7.31. The van der Waals surface area contributed by atoms with E-state index in [1.165, 1.54) is 12.6 Å². The van der Waals surface area contributed by atoms with E-state index in [0.29, 0.717) is 6.54 Å². The molecule has 2 amide bonds. The third kappa shape index (κ3) is 4.62. The maximum absolute atomic E-state index is 12.8. The van der Waals surface area contributed by atoms with Crippen molar-refractivity contribution in [3.63, 3.8) is 0 Å². The first-order valence-corrected chi connectivity index (χ1v) is 9.68. The number of nitrogens with zero attached hydrogens (tertiary/aromatic N) is 3. The maximum Gasteiger partial charge on any atom is 0.247 e. The van der Waals surface area contributed by atoms with Gasteiger partial charge in [0, 0.05) is 45.0 Å². The van der Waals surface area contributed by atoms with Crippen molar-refractivity contribution in [2.75, 3.05) is 39.3 Å². The standard InChI is InChI=1S/C17H27N5O2S/c23-15-14(12-19-8-11-21-9-6-18-7-10-21)16(24)22(17(25)20-15)13-4-2-1-3-5-13/h12-14,18H,1-11H2,(H,20,23,25)/t14-/m1/s1. The number of nitrogens with one attached hydrogen (secondary N) is 2. The first-order valence-electron chi connectivity index (χ1n) is 9.28. The molecule has 0 bridgehead atoms. The molecule has 3 aliphatic rings. The number of hydrogen-bond donors (Lipinski definition) is 2. The van der Waals surface area contributed by atoms with E-state index >= 15 is 0 Å². The molecule has 7 nitrogen and oxygen atoms in total. The van der Waals surface area contributed by atoms with Crippen molar-refractivity contribution >= 4 is 35.4 Å². The van der Waals surface area contributed by atoms with Crippen LogP contribution in [0, 0.1) is 5.92 Å². The first-order chi connectivity index (χ1) is 12.2. The fraction of sp³-hybridized carbons (Fsp3) is 0.765. The van der Waals surface area contributed by atoms with Crippen LogP contribution < -0.4 is 10.6 Å². The van der Waals surface area contributed by atoms with Crippen molar-refractivity contribution < 1.29 is 9.59 Å². The van der Waals surface area contributed by atoms with Gasteiger partial charge in [-0.25, -0.2) is 0 Å². The monoisotopic (exact) mass is 365 g/mol. The zero-order valence-electron chi connectivity index (χ0n) is 14.6. The zero-order valence-corrected chi connectivity index (χ0v) is 15.4. The quantitative estimate of drug-likeness (QED) is 0.412. The molecule has 2 heterocycles. The Morgan fingerprint density at radius 2 is 1.88 bits per heavy atom. The van der Waals surface area contributed by atoms with E-state index in [2.05, 4.69) is 20.5 Å². The average Bonchev–Trinajstić information content (AvgIpc) is 2.62. The summed E-state index contributed by atoms with van der Waals surface area (Å²) in [6, 6.07) is 0.117. The predicted octanol–water partition coefficient (Wildman–Crippen LogP) is 0.155. The summed E-state index contributed by atoms with van der Waals surface area (Å²) in [5.41, 5.74) is 0. The molecule has 8 heteroatoms. The van der Waals surface area contributed by atoms with E-state index in [9.17, 15) is 9.59 Å². The molecule has 0 aromatic carbocycles. The molecule has 1 saturated carbocycles. The van der Waals surface area contributed by atoms with Crippen molar-refractivity contribution in [2.45, 2.75) is 38.1 Å². The number of rotatable bonds is 5. The smallest absolute Gasteiger partial charge is 0.247 e. The molecule has 3 fully saturated rings. The van der Waals surface area contributed by atoms with Gasteiger partial charge in [0.25, 0.3) is 0 Å². The van der Waals surface area contributed by atoms with Crippen molar-refractivity contribution in [1.29, 1.82) is 0 Å². The SMILES string of the molecule is O=C1NC(=S)N(C2CCCCC2)C(=O)[C@@H]1C=NCCN1CCNCC1. The Hall–Kier alpha value is -1.38. The largest absolute Gasteiger partial charge is 0.314 e. The van der Waals surface area contributed by atoms with Crippen LogP contribution in [0.15, 0.2) is 4.99 Å². The van der Waals surface area contributed by atoms with E-state index in [1.54, 1.807) is 4.90 Å². The van der Waals surface area contributed by atoms with Gasteiger partial charge < -0.3 is 10.6 Å². The summed E-state index contributed by atoms with van der Waals surface area (Å²) in [5, 5.41) is 6.26. The maximum atomic E-state index is 12.8. The van der Waals surface area contributed by atoms with Crippen molar-refractivity contribution in [3.05, 3.63) is 0 Å². The highest BCUT2D eigenvalue weighted by atomic mass is 32.1. The van der Waals surface area contributed by atoms with Crippen LogP contribution in [0.4, 0.5) is 0 Å². The van der Waals surface area contributed by atoms with Crippen LogP contribution in [-0.2, 0) is 9.59 Å². The molecule has 0 radical (unpaired) electrons. The molecule has 2 saturated heterocycles. The molecule has 2 aliphatic heterocycles. The lowest BCUT2D eigenvalue weighted by atomic mass is 9.92. The topological polar surface area (TPSA) is 77.0 Å². The zero-order chi connectivity index (χ0) is 17.6. The summed E-state index contributed by atoms with van der Waals surface area (Å²) in [5.74, 6) is -1.42.